The second-order valence-corrected chi connectivity index (χ2v) is 6.09. The Kier molecular flexibility index (Phi) is 3.10. The molecule has 2 aromatic rings. The predicted octanol–water partition coefficient (Wildman–Crippen LogP) is 3.37. The van der Waals surface area contributed by atoms with Crippen LogP contribution >= 0.6 is 0 Å². The molecule has 1 aliphatic carbocycles. The third-order valence-electron chi connectivity index (χ3n) is 4.91. The Labute approximate surface area is 139 Å². The van der Waals surface area contributed by atoms with Crippen molar-refractivity contribution >= 4 is 17.3 Å². The number of methoxy groups -OCH3 is 1. The summed E-state index contributed by atoms with van der Waals surface area (Å²) >= 11 is 0. The highest BCUT2D eigenvalue weighted by molar-refractivity contribution is 6.15. The van der Waals surface area contributed by atoms with Crippen molar-refractivity contribution in [2.24, 2.45) is 5.41 Å². The monoisotopic (exact) mass is 320 g/mol. The van der Waals surface area contributed by atoms with E-state index in [1.54, 1.807) is 25.3 Å². The molecule has 4 rings (SSSR count). The van der Waals surface area contributed by atoms with Crippen molar-refractivity contribution < 1.29 is 19.1 Å². The Morgan fingerprint density at radius 1 is 1.12 bits per heavy atom. The molecule has 4 nitrogen and oxygen atoms in total. The molecule has 24 heavy (non-hydrogen) atoms. The van der Waals surface area contributed by atoms with Gasteiger partial charge in [0.2, 0.25) is 0 Å². The Bertz CT molecular complexity index is 882. The topological polar surface area (TPSA) is 52.6 Å². The molecule has 0 spiro atoms. The van der Waals surface area contributed by atoms with E-state index in [9.17, 15) is 9.59 Å². The normalized spacial score (nSPS) is 24.0. The van der Waals surface area contributed by atoms with Crippen molar-refractivity contribution in [3.63, 3.8) is 0 Å². The molecule has 0 saturated heterocycles. The number of esters is 1. The Balaban J connectivity index is 1.98. The van der Waals surface area contributed by atoms with Crippen molar-refractivity contribution in [2.75, 3.05) is 7.11 Å². The molecule has 0 unspecified atom stereocenters. The van der Waals surface area contributed by atoms with Crippen LogP contribution in [0.3, 0.4) is 0 Å². The van der Waals surface area contributed by atoms with Crippen LogP contribution in [0, 0.1) is 5.41 Å². The molecule has 0 radical (unpaired) electrons. The smallest absolute Gasteiger partial charge is 0.329 e. The van der Waals surface area contributed by atoms with Gasteiger partial charge in [0, 0.05) is 11.5 Å². The van der Waals surface area contributed by atoms with Crippen LogP contribution in [0.2, 0.25) is 0 Å². The molecule has 4 heteroatoms. The molecule has 0 N–H and O–H groups in total. The summed E-state index contributed by atoms with van der Waals surface area (Å²) in [7, 11) is 1.58. The number of Topliss-reactive ketones (excluding diaryl/α,β-unsaturated/α-hetero) is 1. The molecule has 2 aromatic carbocycles. The fraction of sp³-hybridized carbons (Fsp3) is 0.200. The summed E-state index contributed by atoms with van der Waals surface area (Å²) in [6, 6.07) is 15.1. The van der Waals surface area contributed by atoms with Gasteiger partial charge in [0.15, 0.2) is 11.2 Å². The third kappa shape index (κ3) is 1.74. The Hall–Kier alpha value is -2.88. The molecule has 0 bridgehead atoms. The van der Waals surface area contributed by atoms with Crippen molar-refractivity contribution in [2.45, 2.75) is 12.8 Å². The van der Waals surface area contributed by atoms with Gasteiger partial charge in [-0.2, -0.15) is 0 Å². The zero-order valence-corrected chi connectivity index (χ0v) is 13.4. The van der Waals surface area contributed by atoms with E-state index in [0.717, 1.165) is 16.7 Å². The number of benzene rings is 2. The van der Waals surface area contributed by atoms with Gasteiger partial charge in [-0.1, -0.05) is 42.5 Å². The number of fused-ring (bicyclic) bond motifs is 3. The maximum atomic E-state index is 12.6. The highest BCUT2D eigenvalue weighted by atomic mass is 16.5. The first-order chi connectivity index (χ1) is 11.6. The number of ether oxygens (including phenoxy) is 2. The van der Waals surface area contributed by atoms with Crippen molar-refractivity contribution in [1.29, 1.82) is 0 Å². The van der Waals surface area contributed by atoms with Crippen LogP contribution in [0.15, 0.2) is 54.6 Å². The number of hydrogen-bond acceptors (Lipinski definition) is 4. The van der Waals surface area contributed by atoms with Crippen LogP contribution < -0.4 is 9.47 Å². The van der Waals surface area contributed by atoms with Gasteiger partial charge in [-0.25, -0.2) is 0 Å². The molecule has 0 saturated carbocycles. The summed E-state index contributed by atoms with van der Waals surface area (Å²) in [4.78, 5) is 25.0. The first-order valence-corrected chi connectivity index (χ1v) is 7.78. The zero-order valence-electron chi connectivity index (χ0n) is 13.4. The second kappa shape index (κ2) is 5.06. The number of allylic oxidation sites excluding steroid dienone is 1. The van der Waals surface area contributed by atoms with E-state index in [1.165, 1.54) is 6.92 Å². The second-order valence-electron chi connectivity index (χ2n) is 6.09. The van der Waals surface area contributed by atoms with Gasteiger partial charge in [-0.15, -0.1) is 0 Å². The van der Waals surface area contributed by atoms with Crippen LogP contribution in [0.1, 0.15) is 24.0 Å². The molecule has 0 aromatic heterocycles. The summed E-state index contributed by atoms with van der Waals surface area (Å²) in [6.45, 7) is 1.44. The van der Waals surface area contributed by atoms with E-state index in [0.29, 0.717) is 11.5 Å². The SMILES string of the molecule is COc1cccc2c1[C@H]1C(c3ccccc3)=C[C@@]1(C(C)=O)C(=O)O2. The fourth-order valence-corrected chi connectivity index (χ4v) is 3.71. The maximum absolute atomic E-state index is 12.6. The van der Waals surface area contributed by atoms with Gasteiger partial charge in [0.25, 0.3) is 0 Å². The minimum Gasteiger partial charge on any atom is -0.496 e. The van der Waals surface area contributed by atoms with Gasteiger partial charge in [0.05, 0.1) is 7.11 Å². The van der Waals surface area contributed by atoms with E-state index in [4.69, 9.17) is 9.47 Å². The fourth-order valence-electron chi connectivity index (χ4n) is 3.71. The average molecular weight is 320 g/mol. The van der Waals surface area contributed by atoms with Gasteiger partial charge in [0.1, 0.15) is 11.5 Å². The summed E-state index contributed by atoms with van der Waals surface area (Å²) in [5.41, 5.74) is 1.45. The minimum atomic E-state index is -1.26. The van der Waals surface area contributed by atoms with Gasteiger partial charge >= 0.3 is 5.97 Å². The summed E-state index contributed by atoms with van der Waals surface area (Å²) in [5.74, 6) is -0.0288. The quantitative estimate of drug-likeness (QED) is 0.494. The van der Waals surface area contributed by atoms with E-state index < -0.39 is 11.4 Å². The third-order valence-corrected chi connectivity index (χ3v) is 4.91. The number of ketones is 1. The standard InChI is InChI=1S/C20H16O4/c1-12(21)20-11-14(13-7-4-3-5-8-13)18(20)17-15(23-2)9-6-10-16(17)24-19(20)22/h3-11,18H,1-2H3/t18-,20+/m1/s1. The molecule has 2 atom stereocenters. The van der Waals surface area contributed by atoms with E-state index in [1.807, 2.05) is 36.4 Å². The lowest BCUT2D eigenvalue weighted by atomic mass is 9.55. The van der Waals surface area contributed by atoms with Crippen molar-refractivity contribution in [3.05, 3.63) is 65.7 Å². The first kappa shape index (κ1) is 14.7. The molecule has 120 valence electrons. The van der Waals surface area contributed by atoms with Crippen LogP contribution in [0.5, 0.6) is 11.5 Å². The molecule has 2 aliphatic rings. The number of carbonyl (C=O) groups excluding carboxylic acids is 2. The zero-order chi connectivity index (χ0) is 16.9. The lowest BCUT2D eigenvalue weighted by Crippen LogP contribution is -2.52. The highest BCUT2D eigenvalue weighted by Crippen LogP contribution is 2.62. The highest BCUT2D eigenvalue weighted by Gasteiger charge is 2.62. The molecule has 0 fully saturated rings. The summed E-state index contributed by atoms with van der Waals surface area (Å²) < 4.78 is 11.0. The van der Waals surface area contributed by atoms with Crippen molar-refractivity contribution in [3.8, 4) is 11.5 Å². The summed E-state index contributed by atoms with van der Waals surface area (Å²) in [6.07, 6.45) is 1.74. The number of rotatable bonds is 3. The lowest BCUT2D eigenvalue weighted by molar-refractivity contribution is -0.151. The first-order valence-electron chi connectivity index (χ1n) is 7.78. The number of hydrogen-bond donors (Lipinski definition) is 0. The van der Waals surface area contributed by atoms with Crippen LogP contribution in [0.25, 0.3) is 5.57 Å². The molecular formula is C20H16O4. The average Bonchev–Trinajstić information content (AvgIpc) is 2.55. The van der Waals surface area contributed by atoms with Gasteiger partial charge in [-0.05, 0) is 30.2 Å². The minimum absolute atomic E-state index is 0.214. The molecule has 1 aliphatic heterocycles. The van der Waals surface area contributed by atoms with Crippen LogP contribution in [-0.4, -0.2) is 18.9 Å². The van der Waals surface area contributed by atoms with Crippen LogP contribution in [-0.2, 0) is 9.59 Å². The lowest BCUT2D eigenvalue weighted by Gasteiger charge is -2.47. The Morgan fingerprint density at radius 2 is 1.88 bits per heavy atom. The maximum Gasteiger partial charge on any atom is 0.329 e. The van der Waals surface area contributed by atoms with Gasteiger partial charge in [-0.3, -0.25) is 9.59 Å². The van der Waals surface area contributed by atoms with Crippen molar-refractivity contribution in [1.82, 2.24) is 0 Å². The molecule has 1 heterocycles. The van der Waals surface area contributed by atoms with E-state index in [-0.39, 0.29) is 11.7 Å². The van der Waals surface area contributed by atoms with E-state index in [2.05, 4.69) is 0 Å². The summed E-state index contributed by atoms with van der Waals surface area (Å²) in [5, 5.41) is 0. The van der Waals surface area contributed by atoms with Gasteiger partial charge < -0.3 is 9.47 Å². The van der Waals surface area contributed by atoms with Crippen LogP contribution in [0.4, 0.5) is 0 Å². The molecule has 0 amide bonds. The molecular weight excluding hydrogens is 304 g/mol. The Morgan fingerprint density at radius 3 is 2.54 bits per heavy atom. The largest absolute Gasteiger partial charge is 0.496 e. The van der Waals surface area contributed by atoms with E-state index >= 15 is 0 Å². The predicted molar refractivity (Wildman–Crippen MR) is 88.9 cm³/mol. The number of carbonyl (C=O) groups is 2.